The monoisotopic (exact) mass is 364 g/mol. The van der Waals surface area contributed by atoms with Gasteiger partial charge in [-0.3, -0.25) is 4.79 Å². The molecular formula is C16H17BrN2OS. The SMILES string of the molecule is CC(N)c1ccc(SCC(=O)Nc2ccccc2Br)cc1. The van der Waals surface area contributed by atoms with E-state index >= 15 is 0 Å². The van der Waals surface area contributed by atoms with E-state index in [4.69, 9.17) is 5.73 Å². The zero-order chi connectivity index (χ0) is 15.2. The van der Waals surface area contributed by atoms with Crippen LogP contribution in [-0.2, 0) is 4.79 Å². The van der Waals surface area contributed by atoms with Gasteiger partial charge in [0.15, 0.2) is 0 Å². The van der Waals surface area contributed by atoms with Gasteiger partial charge >= 0.3 is 0 Å². The van der Waals surface area contributed by atoms with Crippen LogP contribution in [0.4, 0.5) is 5.69 Å². The van der Waals surface area contributed by atoms with Crippen molar-refractivity contribution in [1.82, 2.24) is 0 Å². The van der Waals surface area contributed by atoms with Crippen molar-refractivity contribution in [2.24, 2.45) is 5.73 Å². The quantitative estimate of drug-likeness (QED) is 0.781. The molecule has 0 aliphatic heterocycles. The molecule has 3 nitrogen and oxygen atoms in total. The lowest BCUT2D eigenvalue weighted by Crippen LogP contribution is -2.14. The van der Waals surface area contributed by atoms with Crippen LogP contribution in [-0.4, -0.2) is 11.7 Å². The first-order chi connectivity index (χ1) is 10.1. The van der Waals surface area contributed by atoms with Gasteiger partial charge in [0.2, 0.25) is 5.91 Å². The molecule has 0 bridgehead atoms. The Bertz CT molecular complexity index is 614. The number of benzene rings is 2. The van der Waals surface area contributed by atoms with E-state index in [9.17, 15) is 4.79 Å². The lowest BCUT2D eigenvalue weighted by molar-refractivity contribution is -0.113. The fourth-order valence-electron chi connectivity index (χ4n) is 1.77. The normalized spacial score (nSPS) is 12.0. The molecule has 1 atom stereocenters. The highest BCUT2D eigenvalue weighted by Crippen LogP contribution is 2.23. The minimum absolute atomic E-state index is 0.0248. The first-order valence-electron chi connectivity index (χ1n) is 6.59. The molecule has 21 heavy (non-hydrogen) atoms. The van der Waals surface area contributed by atoms with E-state index in [1.807, 2.05) is 55.5 Å². The van der Waals surface area contributed by atoms with Gasteiger partial charge in [0, 0.05) is 15.4 Å². The Hall–Kier alpha value is -1.30. The van der Waals surface area contributed by atoms with Crippen LogP contribution in [0.5, 0.6) is 0 Å². The maximum Gasteiger partial charge on any atom is 0.234 e. The Kier molecular flexibility index (Phi) is 5.85. The summed E-state index contributed by atoms with van der Waals surface area (Å²) in [6.07, 6.45) is 0. The van der Waals surface area contributed by atoms with Crippen LogP contribution in [0.15, 0.2) is 57.9 Å². The van der Waals surface area contributed by atoms with E-state index in [1.165, 1.54) is 11.8 Å². The fraction of sp³-hybridized carbons (Fsp3) is 0.188. The molecule has 0 aliphatic carbocycles. The minimum Gasteiger partial charge on any atom is -0.324 e. The topological polar surface area (TPSA) is 55.1 Å². The zero-order valence-electron chi connectivity index (χ0n) is 11.7. The molecule has 1 amide bonds. The Morgan fingerprint density at radius 3 is 2.52 bits per heavy atom. The molecule has 1 unspecified atom stereocenters. The number of carbonyl (C=O) groups excluding carboxylic acids is 1. The summed E-state index contributed by atoms with van der Waals surface area (Å²) >= 11 is 4.91. The van der Waals surface area contributed by atoms with Gasteiger partial charge in [0.05, 0.1) is 11.4 Å². The van der Waals surface area contributed by atoms with E-state index in [2.05, 4.69) is 21.2 Å². The van der Waals surface area contributed by atoms with Gasteiger partial charge < -0.3 is 11.1 Å². The number of rotatable bonds is 5. The third-order valence-electron chi connectivity index (χ3n) is 2.92. The largest absolute Gasteiger partial charge is 0.324 e. The summed E-state index contributed by atoms with van der Waals surface area (Å²) in [5.74, 6) is 0.349. The number of nitrogens with one attached hydrogen (secondary N) is 1. The summed E-state index contributed by atoms with van der Waals surface area (Å²) in [4.78, 5) is 13.0. The molecule has 2 rings (SSSR count). The Morgan fingerprint density at radius 2 is 1.90 bits per heavy atom. The molecule has 5 heteroatoms. The molecule has 0 heterocycles. The molecular weight excluding hydrogens is 348 g/mol. The van der Waals surface area contributed by atoms with Gasteiger partial charge in [-0.05, 0) is 52.7 Å². The number of halogens is 1. The van der Waals surface area contributed by atoms with Gasteiger partial charge in [0.25, 0.3) is 0 Å². The summed E-state index contributed by atoms with van der Waals surface area (Å²) in [7, 11) is 0. The number of nitrogens with two attached hydrogens (primary N) is 1. The minimum atomic E-state index is -0.0248. The Labute approximate surface area is 137 Å². The Balaban J connectivity index is 1.88. The van der Waals surface area contributed by atoms with Crippen molar-refractivity contribution >= 4 is 39.3 Å². The molecule has 3 N–H and O–H groups in total. The van der Waals surface area contributed by atoms with Crippen molar-refractivity contribution in [3.63, 3.8) is 0 Å². The summed E-state index contributed by atoms with van der Waals surface area (Å²) in [5.41, 5.74) is 7.69. The van der Waals surface area contributed by atoms with Gasteiger partial charge in [-0.15, -0.1) is 11.8 Å². The first-order valence-corrected chi connectivity index (χ1v) is 8.37. The molecule has 0 aliphatic rings. The number of carbonyl (C=O) groups is 1. The van der Waals surface area contributed by atoms with E-state index in [-0.39, 0.29) is 11.9 Å². The van der Waals surface area contributed by atoms with Gasteiger partial charge in [-0.1, -0.05) is 24.3 Å². The molecule has 0 saturated heterocycles. The molecule has 0 radical (unpaired) electrons. The van der Waals surface area contributed by atoms with Crippen molar-refractivity contribution in [2.45, 2.75) is 17.9 Å². The van der Waals surface area contributed by atoms with Gasteiger partial charge in [-0.25, -0.2) is 0 Å². The maximum absolute atomic E-state index is 11.9. The van der Waals surface area contributed by atoms with Crippen LogP contribution >= 0.6 is 27.7 Å². The standard InChI is InChI=1S/C16H17BrN2OS/c1-11(18)12-6-8-13(9-7-12)21-10-16(20)19-15-5-3-2-4-14(15)17/h2-9,11H,10,18H2,1H3,(H,19,20). The smallest absolute Gasteiger partial charge is 0.234 e. The van der Waals surface area contributed by atoms with Crippen molar-refractivity contribution < 1.29 is 4.79 Å². The summed E-state index contributed by atoms with van der Waals surface area (Å²) in [6.45, 7) is 1.95. The van der Waals surface area contributed by atoms with Crippen LogP contribution in [0.1, 0.15) is 18.5 Å². The number of amides is 1. The highest BCUT2D eigenvalue weighted by Gasteiger charge is 2.06. The first kappa shape index (κ1) is 16.1. The van der Waals surface area contributed by atoms with Crippen LogP contribution < -0.4 is 11.1 Å². The predicted molar refractivity (Wildman–Crippen MR) is 92.5 cm³/mol. The van der Waals surface area contributed by atoms with Crippen molar-refractivity contribution in [2.75, 3.05) is 11.1 Å². The highest BCUT2D eigenvalue weighted by atomic mass is 79.9. The number of hydrogen-bond donors (Lipinski definition) is 2. The van der Waals surface area contributed by atoms with E-state index < -0.39 is 0 Å². The lowest BCUT2D eigenvalue weighted by atomic mass is 10.1. The van der Waals surface area contributed by atoms with Crippen molar-refractivity contribution in [1.29, 1.82) is 0 Å². The molecule has 0 saturated carbocycles. The van der Waals surface area contributed by atoms with E-state index in [1.54, 1.807) is 0 Å². The van der Waals surface area contributed by atoms with Crippen molar-refractivity contribution in [3.05, 3.63) is 58.6 Å². The molecule has 110 valence electrons. The van der Waals surface area contributed by atoms with Crippen LogP contribution in [0.3, 0.4) is 0 Å². The Morgan fingerprint density at radius 1 is 1.24 bits per heavy atom. The third-order valence-corrected chi connectivity index (χ3v) is 4.63. The fourth-order valence-corrected chi connectivity index (χ4v) is 2.85. The number of thioether (sulfide) groups is 1. The number of hydrogen-bond acceptors (Lipinski definition) is 3. The second-order valence-corrected chi connectivity index (χ2v) is 6.58. The number of para-hydroxylation sites is 1. The van der Waals surface area contributed by atoms with Crippen molar-refractivity contribution in [3.8, 4) is 0 Å². The van der Waals surface area contributed by atoms with Crippen LogP contribution in [0, 0.1) is 0 Å². The molecule has 0 spiro atoms. The second-order valence-electron chi connectivity index (χ2n) is 4.67. The summed E-state index contributed by atoms with van der Waals surface area (Å²) < 4.78 is 0.879. The van der Waals surface area contributed by atoms with Gasteiger partial charge in [-0.2, -0.15) is 0 Å². The predicted octanol–water partition coefficient (Wildman–Crippen LogP) is 4.20. The third kappa shape index (κ3) is 4.88. The molecule has 2 aromatic carbocycles. The molecule has 2 aromatic rings. The maximum atomic E-state index is 11.9. The number of anilines is 1. The van der Waals surface area contributed by atoms with Crippen LogP contribution in [0.25, 0.3) is 0 Å². The average molecular weight is 365 g/mol. The van der Waals surface area contributed by atoms with E-state index in [0.29, 0.717) is 5.75 Å². The lowest BCUT2D eigenvalue weighted by Gasteiger charge is -2.08. The van der Waals surface area contributed by atoms with Gasteiger partial charge in [0.1, 0.15) is 0 Å². The van der Waals surface area contributed by atoms with E-state index in [0.717, 1.165) is 20.6 Å². The molecule has 0 fully saturated rings. The summed E-state index contributed by atoms with van der Waals surface area (Å²) in [6, 6.07) is 15.6. The molecule has 0 aromatic heterocycles. The average Bonchev–Trinajstić information content (AvgIpc) is 2.48. The highest BCUT2D eigenvalue weighted by molar-refractivity contribution is 9.10. The second kappa shape index (κ2) is 7.64. The summed E-state index contributed by atoms with van der Waals surface area (Å²) in [5, 5.41) is 2.88. The zero-order valence-corrected chi connectivity index (χ0v) is 14.1. The van der Waals surface area contributed by atoms with Crippen LogP contribution in [0.2, 0.25) is 0 Å².